The van der Waals surface area contributed by atoms with Gasteiger partial charge in [-0.05, 0) is 71.2 Å². The van der Waals surface area contributed by atoms with Crippen LogP contribution in [0, 0.1) is 11.6 Å². The highest BCUT2D eigenvalue weighted by atomic mass is 32.1. The number of fused-ring (bicyclic) bond motifs is 5. The Labute approximate surface area is 297 Å². The minimum Gasteiger partial charge on any atom is -0.461 e. The lowest BCUT2D eigenvalue weighted by Crippen LogP contribution is -2.43. The van der Waals surface area contributed by atoms with Gasteiger partial charge in [-0.3, -0.25) is 15.0 Å². The molecule has 4 fully saturated rings. The molecule has 2 aromatic carbocycles. The molecule has 276 valence electrons. The summed E-state index contributed by atoms with van der Waals surface area (Å²) in [6, 6.07) is 1.32. The molecular formula is C35H34F6N6O4S. The van der Waals surface area contributed by atoms with Crippen molar-refractivity contribution in [2.75, 3.05) is 29.9 Å². The molecule has 10 nitrogen and oxygen atoms in total. The van der Waals surface area contributed by atoms with E-state index in [2.05, 4.69) is 20.3 Å². The van der Waals surface area contributed by atoms with Gasteiger partial charge in [-0.2, -0.15) is 23.1 Å². The molecule has 0 saturated carbocycles. The number of rotatable bonds is 6. The Hall–Kier alpha value is -4.25. The third-order valence-corrected chi connectivity index (χ3v) is 11.3. The van der Waals surface area contributed by atoms with E-state index in [-0.39, 0.29) is 70.4 Å². The van der Waals surface area contributed by atoms with E-state index in [1.807, 2.05) is 4.90 Å². The SMILES string of the molecule is CC(C)(C)OC(=O)Nc1nc2c(-c3c(C(F)(F)F)cc4c(N5[C@@H]6CC[C@H]5C(=O)C6)nc(OC[C@@]56CCCN5C[C@H](F)C6)nc4c3F)ccc(F)c2s1. The standard InChI is InChI=1S/C35H34F6N6O4S/c1-33(2,3)51-32(49)45-31-43-27-18(6-7-21(37)28(27)52-31)24-20(35(39,40)41)12-19-26(25(24)38)42-30(44-29(19)47-17-5-8-22(47)23(48)11-17)50-15-34-9-4-10-46(34)14-16(36)13-34/h6-7,12,16-17,22H,4-5,8-11,13-15H2,1-3H3,(H,43,45,49)/t16-,17-,22+,34+/m1/s1. The van der Waals surface area contributed by atoms with Gasteiger partial charge in [0.15, 0.2) is 16.7 Å². The highest BCUT2D eigenvalue weighted by Crippen LogP contribution is 2.48. The number of Topliss-reactive ketones (excluding diaryl/α,β-unsaturated/α-hetero) is 1. The molecule has 0 spiro atoms. The molecular weight excluding hydrogens is 714 g/mol. The molecule has 2 bridgehead atoms. The Morgan fingerprint density at radius 3 is 2.60 bits per heavy atom. The van der Waals surface area contributed by atoms with Crippen molar-refractivity contribution in [3.63, 3.8) is 0 Å². The Bertz CT molecular complexity index is 2140. The molecule has 2 aromatic heterocycles. The second-order valence-corrected chi connectivity index (χ2v) is 15.9. The summed E-state index contributed by atoms with van der Waals surface area (Å²) in [6.45, 7) is 5.78. The van der Waals surface area contributed by atoms with Gasteiger partial charge >= 0.3 is 18.3 Å². The number of amides is 1. The van der Waals surface area contributed by atoms with Gasteiger partial charge in [-0.25, -0.2) is 22.9 Å². The summed E-state index contributed by atoms with van der Waals surface area (Å²) in [5, 5.41) is 1.91. The number of hydrogen-bond donors (Lipinski definition) is 1. The van der Waals surface area contributed by atoms with Crippen LogP contribution in [0.5, 0.6) is 6.01 Å². The van der Waals surface area contributed by atoms with Crippen LogP contribution in [0.3, 0.4) is 0 Å². The topological polar surface area (TPSA) is 110 Å². The van der Waals surface area contributed by atoms with Crippen LogP contribution in [-0.4, -0.2) is 80.8 Å². The molecule has 4 aromatic rings. The van der Waals surface area contributed by atoms with Gasteiger partial charge in [0.2, 0.25) is 0 Å². The van der Waals surface area contributed by atoms with Crippen LogP contribution in [0.25, 0.3) is 32.2 Å². The van der Waals surface area contributed by atoms with E-state index in [9.17, 15) is 14.0 Å². The summed E-state index contributed by atoms with van der Waals surface area (Å²) >= 11 is 0.648. The van der Waals surface area contributed by atoms with E-state index in [0.717, 1.165) is 24.6 Å². The first-order chi connectivity index (χ1) is 24.5. The Balaban J connectivity index is 1.30. The number of carbonyl (C=O) groups excluding carboxylic acids is 2. The lowest BCUT2D eigenvalue weighted by molar-refractivity contribution is -0.137. The molecule has 4 aliphatic rings. The number of nitrogens with zero attached hydrogens (tertiary/aromatic N) is 5. The molecule has 6 heterocycles. The number of benzene rings is 2. The van der Waals surface area contributed by atoms with Crippen molar-refractivity contribution in [2.45, 2.75) is 94.9 Å². The van der Waals surface area contributed by atoms with Crippen LogP contribution in [0.1, 0.15) is 64.9 Å². The number of aromatic nitrogens is 3. The fourth-order valence-corrected chi connectivity index (χ4v) is 9.18. The number of ether oxygens (including phenoxy) is 2. The fourth-order valence-electron chi connectivity index (χ4n) is 8.30. The molecule has 4 atom stereocenters. The number of carbonyl (C=O) groups is 2. The predicted octanol–water partition coefficient (Wildman–Crippen LogP) is 7.82. The molecule has 0 aliphatic carbocycles. The van der Waals surface area contributed by atoms with Crippen molar-refractivity contribution in [3.05, 3.63) is 35.4 Å². The number of anilines is 2. The van der Waals surface area contributed by atoms with Crippen LogP contribution in [-0.2, 0) is 15.7 Å². The number of ketones is 1. The lowest BCUT2D eigenvalue weighted by Gasteiger charge is -2.31. The third-order valence-electron chi connectivity index (χ3n) is 10.4. The van der Waals surface area contributed by atoms with Crippen molar-refractivity contribution in [1.82, 2.24) is 19.9 Å². The fraction of sp³-hybridized carbons (Fsp3) is 0.514. The van der Waals surface area contributed by atoms with E-state index < -0.39 is 69.5 Å². The zero-order chi connectivity index (χ0) is 36.9. The zero-order valence-electron chi connectivity index (χ0n) is 28.4. The van der Waals surface area contributed by atoms with E-state index in [4.69, 9.17) is 9.47 Å². The Kier molecular flexibility index (Phi) is 8.13. The number of alkyl halides is 4. The van der Waals surface area contributed by atoms with E-state index >= 15 is 22.0 Å². The molecule has 52 heavy (non-hydrogen) atoms. The first-order valence-corrected chi connectivity index (χ1v) is 17.9. The summed E-state index contributed by atoms with van der Waals surface area (Å²) in [7, 11) is 0. The van der Waals surface area contributed by atoms with Crippen LogP contribution < -0.4 is 15.0 Å². The zero-order valence-corrected chi connectivity index (χ0v) is 29.2. The van der Waals surface area contributed by atoms with Gasteiger partial charge in [0, 0.05) is 41.9 Å². The van der Waals surface area contributed by atoms with Gasteiger partial charge in [0.1, 0.15) is 35.5 Å². The lowest BCUT2D eigenvalue weighted by atomic mass is 9.95. The molecule has 4 aliphatic heterocycles. The van der Waals surface area contributed by atoms with E-state index in [1.165, 1.54) is 0 Å². The summed E-state index contributed by atoms with van der Waals surface area (Å²) in [5.41, 5.74) is -5.06. The molecule has 0 unspecified atom stereocenters. The molecule has 17 heteroatoms. The monoisotopic (exact) mass is 748 g/mol. The van der Waals surface area contributed by atoms with Crippen molar-refractivity contribution in [3.8, 4) is 17.1 Å². The predicted molar refractivity (Wildman–Crippen MR) is 180 cm³/mol. The molecule has 4 saturated heterocycles. The van der Waals surface area contributed by atoms with Crippen LogP contribution in [0.2, 0.25) is 0 Å². The first-order valence-electron chi connectivity index (χ1n) is 17.1. The molecule has 8 rings (SSSR count). The highest BCUT2D eigenvalue weighted by Gasteiger charge is 2.50. The van der Waals surface area contributed by atoms with E-state index in [1.54, 1.807) is 25.7 Å². The second kappa shape index (κ2) is 12.1. The third kappa shape index (κ3) is 5.89. The number of halogens is 6. The summed E-state index contributed by atoms with van der Waals surface area (Å²) < 4.78 is 103. The van der Waals surface area contributed by atoms with Gasteiger partial charge in [0.25, 0.3) is 0 Å². The molecule has 1 amide bonds. The smallest absolute Gasteiger partial charge is 0.417 e. The summed E-state index contributed by atoms with van der Waals surface area (Å²) in [6.07, 6.45) is -4.16. The first kappa shape index (κ1) is 34.8. The maximum atomic E-state index is 17.1. The Morgan fingerprint density at radius 2 is 1.90 bits per heavy atom. The van der Waals surface area contributed by atoms with E-state index in [0.29, 0.717) is 37.1 Å². The minimum absolute atomic E-state index is 0.0237. The minimum atomic E-state index is -5.12. The van der Waals surface area contributed by atoms with Crippen LogP contribution in [0.4, 0.5) is 42.1 Å². The number of hydrogen-bond acceptors (Lipinski definition) is 10. The highest BCUT2D eigenvalue weighted by molar-refractivity contribution is 7.22. The maximum absolute atomic E-state index is 17.1. The molecule has 1 N–H and O–H groups in total. The largest absolute Gasteiger partial charge is 0.461 e. The average molecular weight is 749 g/mol. The summed E-state index contributed by atoms with van der Waals surface area (Å²) in [4.78, 5) is 41.9. The molecule has 0 radical (unpaired) electrons. The van der Waals surface area contributed by atoms with Gasteiger partial charge in [-0.1, -0.05) is 11.3 Å². The maximum Gasteiger partial charge on any atom is 0.417 e. The van der Waals surface area contributed by atoms with Crippen LogP contribution in [0.15, 0.2) is 18.2 Å². The van der Waals surface area contributed by atoms with Crippen molar-refractivity contribution >= 4 is 55.3 Å². The second-order valence-electron chi connectivity index (χ2n) is 14.9. The van der Waals surface area contributed by atoms with Gasteiger partial charge in [-0.15, -0.1) is 0 Å². The van der Waals surface area contributed by atoms with Gasteiger partial charge < -0.3 is 14.4 Å². The number of nitrogens with one attached hydrogen (secondary N) is 1. The summed E-state index contributed by atoms with van der Waals surface area (Å²) in [5.74, 6) is -2.39. The van der Waals surface area contributed by atoms with Crippen LogP contribution >= 0.6 is 11.3 Å². The van der Waals surface area contributed by atoms with Crippen molar-refractivity contribution < 1.29 is 45.4 Å². The Morgan fingerprint density at radius 1 is 1.12 bits per heavy atom. The quantitative estimate of drug-likeness (QED) is 0.198. The van der Waals surface area contributed by atoms with Crippen molar-refractivity contribution in [1.29, 1.82) is 0 Å². The van der Waals surface area contributed by atoms with Gasteiger partial charge in [0.05, 0.1) is 27.4 Å². The van der Waals surface area contributed by atoms with Crippen molar-refractivity contribution in [2.24, 2.45) is 0 Å². The normalized spacial score (nSPS) is 24.8. The number of thiazole rings is 1. The average Bonchev–Trinajstić information content (AvgIpc) is 3.85.